The maximum absolute atomic E-state index is 13.2. The first-order chi connectivity index (χ1) is 14.3. The monoisotopic (exact) mass is 415 g/mol. The third-order valence-electron chi connectivity index (χ3n) is 7.45. The van der Waals surface area contributed by atoms with Gasteiger partial charge in [-0.15, -0.1) is 0 Å². The number of carbonyl (C=O) groups is 1. The van der Waals surface area contributed by atoms with Crippen LogP contribution in [0.25, 0.3) is 0 Å². The second-order valence-corrected chi connectivity index (χ2v) is 10.1. The lowest BCUT2D eigenvalue weighted by atomic mass is 9.84. The molecule has 0 bridgehead atoms. The molecular formula is C24H33NO5. The van der Waals surface area contributed by atoms with E-state index in [-0.39, 0.29) is 11.3 Å². The zero-order valence-electron chi connectivity index (χ0n) is 18.5. The van der Waals surface area contributed by atoms with Gasteiger partial charge in [0.25, 0.3) is 5.91 Å². The summed E-state index contributed by atoms with van der Waals surface area (Å²) in [4.78, 5) is 15.2. The second-order valence-electron chi connectivity index (χ2n) is 10.1. The highest BCUT2D eigenvalue weighted by molar-refractivity contribution is 5.82. The van der Waals surface area contributed by atoms with Crippen LogP contribution < -0.4 is 9.47 Å². The van der Waals surface area contributed by atoms with Gasteiger partial charge in [0.1, 0.15) is 0 Å². The first-order valence-electron chi connectivity index (χ1n) is 11.2. The summed E-state index contributed by atoms with van der Waals surface area (Å²) < 4.78 is 23.1. The summed E-state index contributed by atoms with van der Waals surface area (Å²) in [7, 11) is 1.69. The van der Waals surface area contributed by atoms with E-state index in [1.54, 1.807) is 7.11 Å². The van der Waals surface area contributed by atoms with Crippen LogP contribution >= 0.6 is 0 Å². The summed E-state index contributed by atoms with van der Waals surface area (Å²) in [5, 5.41) is 0. The lowest BCUT2D eigenvalue weighted by molar-refractivity contribution is -0.159. The lowest BCUT2D eigenvalue weighted by Crippen LogP contribution is -2.40. The number of ether oxygens (including phenoxy) is 4. The SMILES string of the molecule is COc1ccc([C@@H]2CN(C(=O)[C@@H]3COC(C)(C)O3)C[C@]23C[C@@H]3C)cc1OCC1CC1. The van der Waals surface area contributed by atoms with E-state index in [1.165, 1.54) is 18.4 Å². The van der Waals surface area contributed by atoms with Gasteiger partial charge in [-0.25, -0.2) is 0 Å². The first-order valence-corrected chi connectivity index (χ1v) is 11.2. The topological polar surface area (TPSA) is 57.2 Å². The summed E-state index contributed by atoms with van der Waals surface area (Å²) in [6.07, 6.45) is 3.16. The van der Waals surface area contributed by atoms with Crippen molar-refractivity contribution in [3.05, 3.63) is 23.8 Å². The Hall–Kier alpha value is -1.79. The van der Waals surface area contributed by atoms with Crippen molar-refractivity contribution in [2.75, 3.05) is 33.4 Å². The van der Waals surface area contributed by atoms with Gasteiger partial charge in [-0.2, -0.15) is 0 Å². The Kier molecular flexibility index (Phi) is 4.78. The molecule has 164 valence electrons. The first kappa shape index (κ1) is 20.1. The van der Waals surface area contributed by atoms with Crippen LogP contribution in [0.2, 0.25) is 0 Å². The molecule has 4 fully saturated rings. The summed E-state index contributed by atoms with van der Waals surface area (Å²) >= 11 is 0. The molecule has 1 spiro atoms. The van der Waals surface area contributed by atoms with Crippen molar-refractivity contribution < 1.29 is 23.7 Å². The van der Waals surface area contributed by atoms with Gasteiger partial charge in [0.05, 0.1) is 20.3 Å². The Morgan fingerprint density at radius 2 is 2.03 bits per heavy atom. The molecule has 4 atom stereocenters. The zero-order chi connectivity index (χ0) is 21.1. The highest BCUT2D eigenvalue weighted by Crippen LogP contribution is 2.64. The second kappa shape index (κ2) is 7.13. The minimum Gasteiger partial charge on any atom is -0.493 e. The van der Waals surface area contributed by atoms with Gasteiger partial charge in [-0.05, 0) is 68.1 Å². The van der Waals surface area contributed by atoms with E-state index in [1.807, 2.05) is 24.8 Å². The number of rotatable bonds is 6. The van der Waals surface area contributed by atoms with Gasteiger partial charge in [-0.3, -0.25) is 4.79 Å². The van der Waals surface area contributed by atoms with Crippen molar-refractivity contribution in [1.82, 2.24) is 4.90 Å². The molecule has 1 aromatic rings. The molecule has 2 saturated heterocycles. The summed E-state index contributed by atoms with van der Waals surface area (Å²) in [6, 6.07) is 6.30. The minimum atomic E-state index is -0.687. The van der Waals surface area contributed by atoms with E-state index in [0.29, 0.717) is 24.4 Å². The maximum atomic E-state index is 13.2. The smallest absolute Gasteiger partial charge is 0.254 e. The van der Waals surface area contributed by atoms with E-state index < -0.39 is 11.9 Å². The number of nitrogens with zero attached hydrogens (tertiary/aromatic N) is 1. The Bertz CT molecular complexity index is 835. The quantitative estimate of drug-likeness (QED) is 0.711. The molecule has 2 aliphatic heterocycles. The Morgan fingerprint density at radius 1 is 1.27 bits per heavy atom. The number of methoxy groups -OCH3 is 1. The van der Waals surface area contributed by atoms with Crippen molar-refractivity contribution in [3.63, 3.8) is 0 Å². The van der Waals surface area contributed by atoms with Crippen molar-refractivity contribution in [2.24, 2.45) is 17.3 Å². The van der Waals surface area contributed by atoms with Crippen LogP contribution in [-0.4, -0.2) is 56.1 Å². The average molecular weight is 416 g/mol. The predicted octanol–water partition coefficient (Wildman–Crippen LogP) is 3.59. The number of hydrogen-bond acceptors (Lipinski definition) is 5. The van der Waals surface area contributed by atoms with Crippen molar-refractivity contribution in [2.45, 2.75) is 57.8 Å². The lowest BCUT2D eigenvalue weighted by Gasteiger charge is -2.21. The van der Waals surface area contributed by atoms with Gasteiger partial charge in [0.2, 0.25) is 0 Å². The van der Waals surface area contributed by atoms with Crippen LogP contribution in [0.5, 0.6) is 11.5 Å². The fourth-order valence-electron chi connectivity index (χ4n) is 5.28. The molecule has 2 saturated carbocycles. The predicted molar refractivity (Wildman–Crippen MR) is 112 cm³/mol. The fraction of sp³-hybridized carbons (Fsp3) is 0.708. The molecule has 4 aliphatic rings. The van der Waals surface area contributed by atoms with Crippen molar-refractivity contribution in [1.29, 1.82) is 0 Å². The summed E-state index contributed by atoms with van der Waals surface area (Å²) in [6.45, 7) is 8.62. The number of likely N-dealkylation sites (tertiary alicyclic amines) is 1. The van der Waals surface area contributed by atoms with Gasteiger partial charge in [-0.1, -0.05) is 13.0 Å². The number of amides is 1. The van der Waals surface area contributed by atoms with E-state index in [2.05, 4.69) is 19.1 Å². The normalized spacial score (nSPS) is 34.4. The van der Waals surface area contributed by atoms with Crippen LogP contribution in [0.15, 0.2) is 18.2 Å². The molecule has 1 amide bonds. The van der Waals surface area contributed by atoms with Gasteiger partial charge < -0.3 is 23.8 Å². The van der Waals surface area contributed by atoms with E-state index >= 15 is 0 Å². The molecule has 5 rings (SSSR count). The Balaban J connectivity index is 1.36. The molecule has 1 aromatic carbocycles. The number of hydrogen-bond donors (Lipinski definition) is 0. The molecule has 0 N–H and O–H groups in total. The zero-order valence-corrected chi connectivity index (χ0v) is 18.5. The fourth-order valence-corrected chi connectivity index (χ4v) is 5.28. The third-order valence-corrected chi connectivity index (χ3v) is 7.45. The standard InChI is InChI=1S/C24H33NO5/c1-15-10-24(15)14-25(22(26)21-13-29-23(2,3)30-21)11-18(24)17-7-8-19(27-4)20(9-17)28-12-16-5-6-16/h7-9,15-16,18,21H,5-6,10-14H2,1-4H3/t15-,18-,21-,24-/m0/s1. The summed E-state index contributed by atoms with van der Waals surface area (Å²) in [5.74, 6) is 2.57. The van der Waals surface area contributed by atoms with E-state index in [4.69, 9.17) is 18.9 Å². The molecule has 2 aliphatic carbocycles. The minimum absolute atomic E-state index is 0.0558. The van der Waals surface area contributed by atoms with Crippen LogP contribution in [0.4, 0.5) is 0 Å². The molecule has 0 radical (unpaired) electrons. The van der Waals surface area contributed by atoms with Gasteiger partial charge >= 0.3 is 0 Å². The van der Waals surface area contributed by atoms with E-state index in [0.717, 1.165) is 37.6 Å². The highest BCUT2D eigenvalue weighted by atomic mass is 16.7. The maximum Gasteiger partial charge on any atom is 0.254 e. The van der Waals surface area contributed by atoms with Crippen LogP contribution in [0.3, 0.4) is 0 Å². The molecule has 0 unspecified atom stereocenters. The average Bonchev–Trinajstić information content (AvgIpc) is 3.58. The number of carbonyl (C=O) groups excluding carboxylic acids is 1. The molecular weight excluding hydrogens is 382 g/mol. The van der Waals surface area contributed by atoms with Gasteiger partial charge in [0, 0.05) is 19.0 Å². The Morgan fingerprint density at radius 3 is 2.63 bits per heavy atom. The van der Waals surface area contributed by atoms with Crippen LogP contribution in [-0.2, 0) is 14.3 Å². The largest absolute Gasteiger partial charge is 0.493 e. The molecule has 0 aromatic heterocycles. The molecule has 2 heterocycles. The van der Waals surface area contributed by atoms with Crippen LogP contribution in [0.1, 0.15) is 51.5 Å². The molecule has 6 heteroatoms. The van der Waals surface area contributed by atoms with Crippen LogP contribution in [0, 0.1) is 17.3 Å². The Labute approximate surface area is 178 Å². The highest BCUT2D eigenvalue weighted by Gasteiger charge is 2.62. The number of benzene rings is 1. The van der Waals surface area contributed by atoms with Crippen molar-refractivity contribution in [3.8, 4) is 11.5 Å². The molecule has 30 heavy (non-hydrogen) atoms. The van der Waals surface area contributed by atoms with E-state index in [9.17, 15) is 4.79 Å². The summed E-state index contributed by atoms with van der Waals surface area (Å²) in [5.41, 5.74) is 1.40. The third kappa shape index (κ3) is 3.58. The van der Waals surface area contributed by atoms with Gasteiger partial charge in [0.15, 0.2) is 23.4 Å². The van der Waals surface area contributed by atoms with Crippen molar-refractivity contribution >= 4 is 5.91 Å². The molecule has 6 nitrogen and oxygen atoms in total.